The van der Waals surface area contributed by atoms with Gasteiger partial charge < -0.3 is 14.7 Å². The maximum atomic E-state index is 14.0. The quantitative estimate of drug-likeness (QED) is 0.504. The van der Waals surface area contributed by atoms with Gasteiger partial charge in [-0.1, -0.05) is 24.3 Å². The van der Waals surface area contributed by atoms with Gasteiger partial charge in [-0.15, -0.1) is 0 Å². The zero-order chi connectivity index (χ0) is 27.7. The number of hydrogen-bond donors (Lipinski definition) is 0. The summed E-state index contributed by atoms with van der Waals surface area (Å²) >= 11 is 0. The molecule has 210 valence electrons. The third-order valence-electron chi connectivity index (χ3n) is 9.58. The highest BCUT2D eigenvalue weighted by atomic mass is 16.2. The molecule has 0 aromatic heterocycles. The Kier molecular flexibility index (Phi) is 7.41. The number of carbonyl (C=O) groups is 2. The molecule has 0 radical (unpaired) electrons. The number of amides is 3. The molecular formula is C32H40N6O2. The summed E-state index contributed by atoms with van der Waals surface area (Å²) in [6.07, 6.45) is 5.38. The number of rotatable bonds is 6. The largest absolute Gasteiger partial charge is 0.372 e. The first-order chi connectivity index (χ1) is 19.5. The highest BCUT2D eigenvalue weighted by Crippen LogP contribution is 2.40. The first-order valence-corrected chi connectivity index (χ1v) is 15.0. The number of anilines is 2. The third kappa shape index (κ3) is 4.71. The first-order valence-electron chi connectivity index (χ1n) is 15.0. The van der Waals surface area contributed by atoms with E-state index in [4.69, 9.17) is 0 Å². The topological polar surface area (TPSA) is 74.1 Å². The Morgan fingerprint density at radius 3 is 2.20 bits per heavy atom. The Hall–Kier alpha value is -3.57. The number of piperidine rings is 2. The van der Waals surface area contributed by atoms with Gasteiger partial charge in [-0.3, -0.25) is 14.6 Å². The lowest BCUT2D eigenvalue weighted by Gasteiger charge is -2.42. The van der Waals surface area contributed by atoms with Gasteiger partial charge in [0, 0.05) is 64.1 Å². The predicted molar refractivity (Wildman–Crippen MR) is 156 cm³/mol. The van der Waals surface area contributed by atoms with Crippen LogP contribution in [0.1, 0.15) is 56.6 Å². The van der Waals surface area contributed by atoms with Gasteiger partial charge in [0.2, 0.25) is 0 Å². The summed E-state index contributed by atoms with van der Waals surface area (Å²) in [5.41, 5.74) is 3.50. The molecule has 8 nitrogen and oxygen atoms in total. The Labute approximate surface area is 237 Å². The van der Waals surface area contributed by atoms with Crippen molar-refractivity contribution in [3.05, 3.63) is 59.7 Å². The molecule has 8 heteroatoms. The average Bonchev–Trinajstić information content (AvgIpc) is 3.60. The maximum Gasteiger partial charge on any atom is 0.327 e. The monoisotopic (exact) mass is 540 g/mol. The Morgan fingerprint density at radius 2 is 1.55 bits per heavy atom. The van der Waals surface area contributed by atoms with Crippen molar-refractivity contribution < 1.29 is 9.59 Å². The molecule has 1 spiro atoms. The van der Waals surface area contributed by atoms with E-state index in [2.05, 4.69) is 45.0 Å². The van der Waals surface area contributed by atoms with E-state index in [1.165, 1.54) is 24.1 Å². The number of likely N-dealkylation sites (N-methyl/N-ethyl adjacent to an activating group) is 1. The van der Waals surface area contributed by atoms with Crippen LogP contribution in [-0.4, -0.2) is 84.0 Å². The highest BCUT2D eigenvalue weighted by molar-refractivity contribution is 6.07. The smallest absolute Gasteiger partial charge is 0.327 e. The number of hydrogen-bond acceptors (Lipinski definition) is 6. The number of nitriles is 1. The maximum absolute atomic E-state index is 14.0. The molecule has 0 unspecified atom stereocenters. The fourth-order valence-electron chi connectivity index (χ4n) is 7.32. The molecule has 0 aliphatic carbocycles. The van der Waals surface area contributed by atoms with Gasteiger partial charge in [-0.05, 0) is 75.3 Å². The summed E-state index contributed by atoms with van der Waals surface area (Å²) in [7, 11) is 0. The minimum atomic E-state index is -0.716. The Morgan fingerprint density at radius 1 is 0.875 bits per heavy atom. The normalized spacial score (nSPS) is 22.0. The highest BCUT2D eigenvalue weighted by Gasteiger charge is 2.58. The van der Waals surface area contributed by atoms with Gasteiger partial charge in [0.15, 0.2) is 0 Å². The van der Waals surface area contributed by atoms with E-state index in [1.807, 2.05) is 36.1 Å². The molecule has 0 atom stereocenters. The summed E-state index contributed by atoms with van der Waals surface area (Å²) in [5, 5.41) is 9.51. The fourth-order valence-corrected chi connectivity index (χ4v) is 7.32. The summed E-state index contributed by atoms with van der Waals surface area (Å²) < 4.78 is 0. The molecule has 4 fully saturated rings. The number of urea groups is 1. The van der Waals surface area contributed by atoms with Crippen LogP contribution in [0.5, 0.6) is 0 Å². The first kappa shape index (κ1) is 26.6. The van der Waals surface area contributed by atoms with Crippen LogP contribution in [0.3, 0.4) is 0 Å². The second-order valence-corrected chi connectivity index (χ2v) is 11.7. The van der Waals surface area contributed by atoms with Gasteiger partial charge in [0.1, 0.15) is 11.6 Å². The second-order valence-electron chi connectivity index (χ2n) is 11.7. The van der Waals surface area contributed by atoms with Crippen LogP contribution >= 0.6 is 0 Å². The number of nitrogens with zero attached hydrogens (tertiary/aromatic N) is 6. The lowest BCUT2D eigenvalue weighted by Crippen LogP contribution is -2.56. The second kappa shape index (κ2) is 11.1. The standard InChI is InChI=1S/C32H40N6O2/c1-2-37-31(40)38(28-13-19-36(20-14-28)29-8-4-3-7-26(29)23-33)30(39)32(37)15-21-34(22-16-32)24-25-9-11-27(12-10-25)35-17-5-6-18-35/h3-4,7-12,28H,2,5-6,13-22,24H2,1H3. The van der Waals surface area contributed by atoms with Gasteiger partial charge in [-0.2, -0.15) is 5.26 Å². The lowest BCUT2D eigenvalue weighted by atomic mass is 9.85. The molecule has 3 amide bonds. The van der Waals surface area contributed by atoms with Crippen molar-refractivity contribution in [1.82, 2.24) is 14.7 Å². The zero-order valence-corrected chi connectivity index (χ0v) is 23.6. The molecule has 0 saturated carbocycles. The van der Waals surface area contributed by atoms with E-state index in [9.17, 15) is 14.9 Å². The summed E-state index contributed by atoms with van der Waals surface area (Å²) in [6.45, 7) is 8.78. The van der Waals surface area contributed by atoms with E-state index in [0.29, 0.717) is 24.9 Å². The van der Waals surface area contributed by atoms with Crippen LogP contribution in [0.15, 0.2) is 48.5 Å². The number of likely N-dealkylation sites (tertiary alicyclic amines) is 1. The van der Waals surface area contributed by atoms with Crippen molar-refractivity contribution in [3.63, 3.8) is 0 Å². The zero-order valence-electron chi connectivity index (χ0n) is 23.6. The van der Waals surface area contributed by atoms with Crippen molar-refractivity contribution in [3.8, 4) is 6.07 Å². The van der Waals surface area contributed by atoms with E-state index >= 15 is 0 Å². The van der Waals surface area contributed by atoms with Crippen LogP contribution < -0.4 is 9.80 Å². The van der Waals surface area contributed by atoms with Gasteiger partial charge in [0.05, 0.1) is 11.3 Å². The molecule has 4 saturated heterocycles. The average molecular weight is 541 g/mol. The van der Waals surface area contributed by atoms with Crippen molar-refractivity contribution in [2.75, 3.05) is 55.6 Å². The van der Waals surface area contributed by atoms with Gasteiger partial charge >= 0.3 is 6.03 Å². The molecule has 0 N–H and O–H groups in total. The van der Waals surface area contributed by atoms with E-state index in [-0.39, 0.29) is 18.0 Å². The molecule has 4 aliphatic heterocycles. The van der Waals surface area contributed by atoms with Gasteiger partial charge in [0.25, 0.3) is 5.91 Å². The summed E-state index contributed by atoms with van der Waals surface area (Å²) in [5.74, 6) is 0.00448. The Bertz CT molecular complexity index is 1270. The van der Waals surface area contributed by atoms with Crippen molar-refractivity contribution in [2.45, 2.75) is 63.6 Å². The van der Waals surface area contributed by atoms with E-state index in [0.717, 1.165) is 64.3 Å². The van der Waals surface area contributed by atoms with E-state index < -0.39 is 5.54 Å². The molecule has 2 aromatic carbocycles. The van der Waals surface area contributed by atoms with Crippen molar-refractivity contribution >= 4 is 23.3 Å². The molecule has 2 aromatic rings. The SMILES string of the molecule is CCN1C(=O)N(C2CCN(c3ccccc3C#N)CC2)C(=O)C12CCN(Cc1ccc(N3CCCC3)cc1)CC2. The number of imide groups is 1. The van der Waals surface area contributed by atoms with Crippen LogP contribution in [0.4, 0.5) is 16.2 Å². The van der Waals surface area contributed by atoms with Gasteiger partial charge in [-0.25, -0.2) is 4.79 Å². The van der Waals surface area contributed by atoms with Crippen molar-refractivity contribution in [2.24, 2.45) is 0 Å². The molecule has 6 rings (SSSR count). The number of benzene rings is 2. The molecule has 4 heterocycles. The Balaban J connectivity index is 1.09. The summed E-state index contributed by atoms with van der Waals surface area (Å²) in [4.78, 5) is 38.2. The van der Waals surface area contributed by atoms with Crippen molar-refractivity contribution in [1.29, 1.82) is 5.26 Å². The van der Waals surface area contributed by atoms with Crippen LogP contribution in [0, 0.1) is 11.3 Å². The molecular weight excluding hydrogens is 500 g/mol. The molecule has 4 aliphatic rings. The van der Waals surface area contributed by atoms with Crippen LogP contribution in [0.2, 0.25) is 0 Å². The predicted octanol–water partition coefficient (Wildman–Crippen LogP) is 4.45. The minimum Gasteiger partial charge on any atom is -0.372 e. The molecule has 40 heavy (non-hydrogen) atoms. The number of para-hydroxylation sites is 1. The summed E-state index contributed by atoms with van der Waals surface area (Å²) in [6, 6.07) is 18.7. The fraction of sp³-hybridized carbons (Fsp3) is 0.531. The molecule has 0 bridgehead atoms. The van der Waals surface area contributed by atoms with Crippen LogP contribution in [0.25, 0.3) is 0 Å². The number of carbonyl (C=O) groups excluding carboxylic acids is 2. The lowest BCUT2D eigenvalue weighted by molar-refractivity contribution is -0.137. The van der Waals surface area contributed by atoms with Crippen LogP contribution in [-0.2, 0) is 11.3 Å². The van der Waals surface area contributed by atoms with E-state index in [1.54, 1.807) is 4.90 Å². The third-order valence-corrected chi connectivity index (χ3v) is 9.58. The minimum absolute atomic E-state index is 0.00448.